The fourth-order valence-electron chi connectivity index (χ4n) is 2.37. The number of carbonyl (C=O) groups excluding carboxylic acids is 1. The van der Waals surface area contributed by atoms with Gasteiger partial charge in [0.05, 0.1) is 23.3 Å². The number of urea groups is 1. The molecule has 2 rings (SSSR count). The minimum Gasteiger partial charge on any atom is -0.396 e. The molecule has 6 heteroatoms. The Morgan fingerprint density at radius 2 is 2.09 bits per heavy atom. The summed E-state index contributed by atoms with van der Waals surface area (Å²) >= 11 is 0. The summed E-state index contributed by atoms with van der Waals surface area (Å²) in [7, 11) is 0. The van der Waals surface area contributed by atoms with Crippen LogP contribution in [0.3, 0.4) is 0 Å². The summed E-state index contributed by atoms with van der Waals surface area (Å²) in [6.45, 7) is 7.89. The molecule has 6 nitrogen and oxygen atoms in total. The van der Waals surface area contributed by atoms with E-state index < -0.39 is 0 Å². The molecule has 1 atom stereocenters. The fourth-order valence-corrected chi connectivity index (χ4v) is 2.37. The van der Waals surface area contributed by atoms with Gasteiger partial charge in [0, 0.05) is 12.6 Å². The van der Waals surface area contributed by atoms with Gasteiger partial charge in [-0.05, 0) is 51.3 Å². The van der Waals surface area contributed by atoms with Crippen molar-refractivity contribution in [2.75, 3.05) is 11.9 Å². The van der Waals surface area contributed by atoms with Crippen molar-refractivity contribution in [1.29, 1.82) is 0 Å². The molecule has 2 aromatic rings. The maximum absolute atomic E-state index is 12.0. The van der Waals surface area contributed by atoms with E-state index in [9.17, 15) is 4.79 Å². The number of carbonyl (C=O) groups is 1. The van der Waals surface area contributed by atoms with Crippen LogP contribution in [0.15, 0.2) is 24.4 Å². The van der Waals surface area contributed by atoms with E-state index in [0.717, 1.165) is 22.5 Å². The summed E-state index contributed by atoms with van der Waals surface area (Å²) in [5.74, 6) is 0. The van der Waals surface area contributed by atoms with Crippen LogP contribution in [0.2, 0.25) is 0 Å². The summed E-state index contributed by atoms with van der Waals surface area (Å²) < 4.78 is 1.83. The number of nitrogens with one attached hydrogen (secondary N) is 2. The number of hydrogen-bond donors (Lipinski definition) is 3. The lowest BCUT2D eigenvalue weighted by molar-refractivity contribution is 0.241. The van der Waals surface area contributed by atoms with E-state index in [1.807, 2.05) is 32.4 Å². The van der Waals surface area contributed by atoms with Crippen LogP contribution in [0, 0.1) is 20.8 Å². The second-order valence-corrected chi connectivity index (χ2v) is 5.86. The zero-order chi connectivity index (χ0) is 17.0. The molecule has 0 aliphatic rings. The van der Waals surface area contributed by atoms with E-state index in [1.165, 1.54) is 0 Å². The predicted molar refractivity (Wildman–Crippen MR) is 91.1 cm³/mol. The van der Waals surface area contributed by atoms with Gasteiger partial charge in [0.15, 0.2) is 0 Å². The molecule has 0 unspecified atom stereocenters. The molecule has 0 aliphatic carbocycles. The average molecular weight is 316 g/mol. The van der Waals surface area contributed by atoms with E-state index in [0.29, 0.717) is 12.1 Å². The van der Waals surface area contributed by atoms with E-state index in [2.05, 4.69) is 33.9 Å². The summed E-state index contributed by atoms with van der Waals surface area (Å²) in [4.78, 5) is 12.0. The molecular formula is C17H24N4O2. The predicted octanol–water partition coefficient (Wildman–Crippen LogP) is 2.69. The van der Waals surface area contributed by atoms with Gasteiger partial charge in [-0.1, -0.05) is 12.1 Å². The SMILES string of the molecule is Cc1ccc(C)c(-n2ncc(NC(=O)N[C@H](C)CCO)c2C)c1. The molecule has 0 saturated carbocycles. The second-order valence-electron chi connectivity index (χ2n) is 5.86. The number of benzene rings is 1. The molecule has 0 spiro atoms. The smallest absolute Gasteiger partial charge is 0.319 e. The lowest BCUT2D eigenvalue weighted by Crippen LogP contribution is -2.36. The molecule has 2 amide bonds. The van der Waals surface area contributed by atoms with Crippen molar-refractivity contribution in [1.82, 2.24) is 15.1 Å². The van der Waals surface area contributed by atoms with Crippen LogP contribution in [-0.4, -0.2) is 33.6 Å². The van der Waals surface area contributed by atoms with Crippen molar-refractivity contribution in [2.45, 2.75) is 40.2 Å². The van der Waals surface area contributed by atoms with E-state index in [4.69, 9.17) is 5.11 Å². The summed E-state index contributed by atoms with van der Waals surface area (Å²) in [5.41, 5.74) is 4.81. The van der Waals surface area contributed by atoms with Gasteiger partial charge in [0.2, 0.25) is 0 Å². The lowest BCUT2D eigenvalue weighted by Gasteiger charge is -2.13. The van der Waals surface area contributed by atoms with Crippen molar-refractivity contribution < 1.29 is 9.90 Å². The fraction of sp³-hybridized carbons (Fsp3) is 0.412. The number of aliphatic hydroxyl groups excluding tert-OH is 1. The number of anilines is 1. The van der Waals surface area contributed by atoms with Crippen LogP contribution in [0.5, 0.6) is 0 Å². The van der Waals surface area contributed by atoms with Crippen molar-refractivity contribution in [3.63, 3.8) is 0 Å². The maximum atomic E-state index is 12.0. The first kappa shape index (κ1) is 17.0. The molecule has 1 heterocycles. The van der Waals surface area contributed by atoms with Gasteiger partial charge in [-0.15, -0.1) is 0 Å². The largest absolute Gasteiger partial charge is 0.396 e. The molecule has 0 aliphatic heterocycles. The van der Waals surface area contributed by atoms with Crippen molar-refractivity contribution in [3.05, 3.63) is 41.2 Å². The number of rotatable bonds is 5. The van der Waals surface area contributed by atoms with Gasteiger partial charge >= 0.3 is 6.03 Å². The number of amides is 2. The first-order valence-corrected chi connectivity index (χ1v) is 7.73. The molecule has 0 fully saturated rings. The highest BCUT2D eigenvalue weighted by Gasteiger charge is 2.13. The highest BCUT2D eigenvalue weighted by molar-refractivity contribution is 5.89. The Balaban J connectivity index is 2.16. The van der Waals surface area contributed by atoms with Crippen LogP contribution in [-0.2, 0) is 0 Å². The lowest BCUT2D eigenvalue weighted by atomic mass is 10.1. The molecule has 0 radical (unpaired) electrons. The first-order chi connectivity index (χ1) is 10.9. The molecule has 1 aromatic heterocycles. The third-order valence-corrected chi connectivity index (χ3v) is 3.79. The molecule has 1 aromatic carbocycles. The van der Waals surface area contributed by atoms with Crippen LogP contribution in [0.25, 0.3) is 5.69 Å². The van der Waals surface area contributed by atoms with Gasteiger partial charge < -0.3 is 15.7 Å². The van der Waals surface area contributed by atoms with Gasteiger partial charge in [-0.2, -0.15) is 5.10 Å². The number of hydrogen-bond acceptors (Lipinski definition) is 3. The van der Waals surface area contributed by atoms with Crippen LogP contribution in [0.1, 0.15) is 30.2 Å². The Morgan fingerprint density at radius 1 is 1.35 bits per heavy atom. The molecule has 0 saturated heterocycles. The van der Waals surface area contributed by atoms with Gasteiger partial charge in [0.1, 0.15) is 0 Å². The topological polar surface area (TPSA) is 79.2 Å². The van der Waals surface area contributed by atoms with Gasteiger partial charge in [-0.3, -0.25) is 0 Å². The van der Waals surface area contributed by atoms with Crippen molar-refractivity contribution in [2.24, 2.45) is 0 Å². The Bertz CT molecular complexity index is 694. The van der Waals surface area contributed by atoms with Crippen LogP contribution < -0.4 is 10.6 Å². The van der Waals surface area contributed by atoms with E-state index in [-0.39, 0.29) is 18.7 Å². The number of aromatic nitrogens is 2. The summed E-state index contributed by atoms with van der Waals surface area (Å²) in [6, 6.07) is 5.81. The summed E-state index contributed by atoms with van der Waals surface area (Å²) in [5, 5.41) is 18.9. The highest BCUT2D eigenvalue weighted by Crippen LogP contribution is 2.21. The van der Waals surface area contributed by atoms with E-state index in [1.54, 1.807) is 6.20 Å². The Hall–Kier alpha value is -2.34. The standard InChI is InChI=1S/C17H24N4O2/c1-11-5-6-12(2)16(9-11)21-14(4)15(10-18-21)20-17(23)19-13(3)7-8-22/h5-6,9-10,13,22H,7-8H2,1-4H3,(H2,19,20,23)/t13-/m1/s1. The maximum Gasteiger partial charge on any atom is 0.319 e. The number of aryl methyl sites for hydroxylation is 2. The molecule has 23 heavy (non-hydrogen) atoms. The Kier molecular flexibility index (Phi) is 5.39. The molecule has 124 valence electrons. The van der Waals surface area contributed by atoms with Crippen molar-refractivity contribution >= 4 is 11.7 Å². The first-order valence-electron chi connectivity index (χ1n) is 7.73. The number of nitrogens with zero attached hydrogens (tertiary/aromatic N) is 2. The van der Waals surface area contributed by atoms with Crippen LogP contribution in [0.4, 0.5) is 10.5 Å². The quantitative estimate of drug-likeness (QED) is 0.793. The Morgan fingerprint density at radius 3 is 2.78 bits per heavy atom. The molecule has 0 bridgehead atoms. The minimum absolute atomic E-state index is 0.0467. The number of aliphatic hydroxyl groups is 1. The highest BCUT2D eigenvalue weighted by atomic mass is 16.3. The molecular weight excluding hydrogens is 292 g/mol. The van der Waals surface area contributed by atoms with Gasteiger partial charge in [-0.25, -0.2) is 9.48 Å². The zero-order valence-electron chi connectivity index (χ0n) is 14.1. The van der Waals surface area contributed by atoms with E-state index >= 15 is 0 Å². The van der Waals surface area contributed by atoms with Gasteiger partial charge in [0.25, 0.3) is 0 Å². The second kappa shape index (κ2) is 7.28. The molecule has 3 N–H and O–H groups in total. The monoisotopic (exact) mass is 316 g/mol. The minimum atomic E-state index is -0.297. The third-order valence-electron chi connectivity index (χ3n) is 3.79. The Labute approximate surface area is 136 Å². The third kappa shape index (κ3) is 4.10. The normalized spacial score (nSPS) is 12.0. The van der Waals surface area contributed by atoms with Crippen molar-refractivity contribution in [3.8, 4) is 5.69 Å². The average Bonchev–Trinajstić information content (AvgIpc) is 2.83. The zero-order valence-corrected chi connectivity index (χ0v) is 14.1. The summed E-state index contributed by atoms with van der Waals surface area (Å²) in [6.07, 6.45) is 2.17. The van der Waals surface area contributed by atoms with Crippen LogP contribution >= 0.6 is 0 Å².